The summed E-state index contributed by atoms with van der Waals surface area (Å²) in [6.07, 6.45) is 10.8. The Morgan fingerprint density at radius 3 is 2.41 bits per heavy atom. The molecule has 3 heteroatoms. The van der Waals surface area contributed by atoms with E-state index in [0.29, 0.717) is 6.04 Å². The van der Waals surface area contributed by atoms with Gasteiger partial charge in [0.1, 0.15) is 0 Å². The van der Waals surface area contributed by atoms with Gasteiger partial charge in [0.15, 0.2) is 0 Å². The molecule has 1 aliphatic rings. The van der Waals surface area contributed by atoms with Crippen LogP contribution in [-0.2, 0) is 6.42 Å². The summed E-state index contributed by atoms with van der Waals surface area (Å²) in [5.74, 6) is 0.746. The highest BCUT2D eigenvalue weighted by Gasteiger charge is 2.19. The van der Waals surface area contributed by atoms with E-state index in [1.165, 1.54) is 53.6 Å². The molecular weight excluding hydrogens is 294 g/mol. The topological polar surface area (TPSA) is 26.0 Å². The summed E-state index contributed by atoms with van der Waals surface area (Å²) in [5.41, 5.74) is 6.40. The molecule has 0 bridgehead atoms. The smallest absolute Gasteiger partial charge is 0.0701 e. The van der Waals surface area contributed by atoms with E-state index in [1.807, 2.05) is 11.3 Å². The first kappa shape index (κ1) is 13.6. The molecule has 0 amide bonds. The molecule has 0 aromatic carbocycles. The summed E-state index contributed by atoms with van der Waals surface area (Å²) in [7, 11) is 0. The zero-order valence-electron chi connectivity index (χ0n) is 10.3. The first-order valence-corrected chi connectivity index (χ1v) is 8.36. The highest BCUT2D eigenvalue weighted by Crippen LogP contribution is 2.28. The van der Waals surface area contributed by atoms with Gasteiger partial charge in [0.25, 0.3) is 0 Å². The van der Waals surface area contributed by atoms with E-state index < -0.39 is 0 Å². The van der Waals surface area contributed by atoms with Gasteiger partial charge >= 0.3 is 0 Å². The van der Waals surface area contributed by atoms with E-state index in [9.17, 15) is 0 Å². The first-order valence-electron chi connectivity index (χ1n) is 6.75. The van der Waals surface area contributed by atoms with Gasteiger partial charge < -0.3 is 5.73 Å². The van der Waals surface area contributed by atoms with E-state index in [2.05, 4.69) is 28.1 Å². The lowest BCUT2D eigenvalue weighted by molar-refractivity contribution is 0.323. The molecular formula is C14H22BrNS. The van der Waals surface area contributed by atoms with Crippen LogP contribution in [0.1, 0.15) is 49.8 Å². The molecule has 1 aromatic rings. The maximum absolute atomic E-state index is 6.40. The Morgan fingerprint density at radius 2 is 1.82 bits per heavy atom. The monoisotopic (exact) mass is 315 g/mol. The summed E-state index contributed by atoms with van der Waals surface area (Å²) in [6.45, 7) is 0. The predicted molar refractivity (Wildman–Crippen MR) is 79.5 cm³/mol. The number of halogens is 1. The minimum Gasteiger partial charge on any atom is -0.327 e. The number of hydrogen-bond donors (Lipinski definition) is 1. The molecule has 0 saturated heterocycles. The molecule has 0 aliphatic heterocycles. The van der Waals surface area contributed by atoms with Gasteiger partial charge in [-0.3, -0.25) is 0 Å². The molecule has 2 N–H and O–H groups in total. The second-order valence-corrected chi connectivity index (χ2v) is 7.73. The van der Waals surface area contributed by atoms with Gasteiger partial charge in [0, 0.05) is 10.9 Å². The van der Waals surface area contributed by atoms with Crippen molar-refractivity contribution in [3.05, 3.63) is 20.8 Å². The second kappa shape index (κ2) is 6.91. The Labute approximate surface area is 117 Å². The lowest BCUT2D eigenvalue weighted by atomic mass is 9.85. The van der Waals surface area contributed by atoms with E-state index in [4.69, 9.17) is 5.73 Å². The van der Waals surface area contributed by atoms with Crippen LogP contribution in [0.2, 0.25) is 0 Å². The average Bonchev–Trinajstić information content (AvgIpc) is 2.63. The molecule has 1 unspecified atom stereocenters. The predicted octanol–water partition coefficient (Wildman–Crippen LogP) is 4.74. The van der Waals surface area contributed by atoms with Crippen LogP contribution < -0.4 is 5.73 Å². The van der Waals surface area contributed by atoms with Crippen molar-refractivity contribution >= 4 is 27.3 Å². The van der Waals surface area contributed by atoms with Gasteiger partial charge in [0.2, 0.25) is 0 Å². The maximum Gasteiger partial charge on any atom is 0.0701 e. The van der Waals surface area contributed by atoms with Gasteiger partial charge in [0.05, 0.1) is 3.79 Å². The average molecular weight is 316 g/mol. The Kier molecular flexibility index (Phi) is 5.51. The molecule has 17 heavy (non-hydrogen) atoms. The van der Waals surface area contributed by atoms with Crippen molar-refractivity contribution in [3.63, 3.8) is 0 Å². The number of hydrogen-bond acceptors (Lipinski definition) is 2. The SMILES string of the molecule is NC(Cc1ccc(Br)s1)C1CCCCCCC1. The largest absolute Gasteiger partial charge is 0.327 e. The third-order valence-corrected chi connectivity index (χ3v) is 5.47. The van der Waals surface area contributed by atoms with Crippen molar-refractivity contribution in [1.82, 2.24) is 0 Å². The van der Waals surface area contributed by atoms with Gasteiger partial charge in [-0.15, -0.1) is 11.3 Å². The quantitative estimate of drug-likeness (QED) is 0.856. The van der Waals surface area contributed by atoms with Crippen LogP contribution in [0.4, 0.5) is 0 Å². The highest BCUT2D eigenvalue weighted by molar-refractivity contribution is 9.11. The Bertz CT molecular complexity index is 329. The Morgan fingerprint density at radius 1 is 1.18 bits per heavy atom. The number of nitrogens with two attached hydrogens (primary N) is 1. The summed E-state index contributed by atoms with van der Waals surface area (Å²) in [5, 5.41) is 0. The normalized spacial score (nSPS) is 20.8. The van der Waals surface area contributed by atoms with E-state index >= 15 is 0 Å². The summed E-state index contributed by atoms with van der Waals surface area (Å²) < 4.78 is 1.22. The Balaban J connectivity index is 1.86. The standard InChI is InChI=1S/C14H22BrNS/c15-14-9-8-12(17-14)10-13(16)11-6-4-2-1-3-5-7-11/h8-9,11,13H,1-7,10,16H2. The summed E-state index contributed by atoms with van der Waals surface area (Å²) in [4.78, 5) is 1.42. The lowest BCUT2D eigenvalue weighted by Gasteiger charge is -2.25. The third kappa shape index (κ3) is 4.38. The van der Waals surface area contributed by atoms with Gasteiger partial charge in [-0.1, -0.05) is 32.1 Å². The fourth-order valence-corrected chi connectivity index (χ4v) is 4.33. The van der Waals surface area contributed by atoms with E-state index in [0.717, 1.165) is 12.3 Å². The second-order valence-electron chi connectivity index (χ2n) is 5.18. The number of thiophene rings is 1. The molecule has 1 atom stereocenters. The minimum atomic E-state index is 0.360. The van der Waals surface area contributed by atoms with Gasteiger partial charge in [-0.2, -0.15) is 0 Å². The fourth-order valence-electron chi connectivity index (χ4n) is 2.78. The Hall–Kier alpha value is 0.140. The molecule has 2 rings (SSSR count). The maximum atomic E-state index is 6.40. The van der Waals surface area contributed by atoms with Crippen LogP contribution in [-0.4, -0.2) is 6.04 Å². The first-order chi connectivity index (χ1) is 8.25. The van der Waals surface area contributed by atoms with Crippen LogP contribution in [0.25, 0.3) is 0 Å². The van der Waals surface area contributed by atoms with E-state index in [1.54, 1.807) is 0 Å². The van der Waals surface area contributed by atoms with Gasteiger partial charge in [-0.25, -0.2) is 0 Å². The summed E-state index contributed by atoms with van der Waals surface area (Å²) in [6, 6.07) is 4.70. The van der Waals surface area contributed by atoms with Crippen LogP contribution in [0.5, 0.6) is 0 Å². The van der Waals surface area contributed by atoms with Crippen molar-refractivity contribution in [1.29, 1.82) is 0 Å². The zero-order valence-corrected chi connectivity index (χ0v) is 12.7. The number of rotatable bonds is 3. The van der Waals surface area contributed by atoms with Crippen molar-refractivity contribution in [2.45, 2.75) is 57.4 Å². The van der Waals surface area contributed by atoms with Crippen molar-refractivity contribution < 1.29 is 0 Å². The summed E-state index contributed by atoms with van der Waals surface area (Å²) >= 11 is 5.34. The highest BCUT2D eigenvalue weighted by atomic mass is 79.9. The molecule has 1 saturated carbocycles. The molecule has 0 spiro atoms. The molecule has 1 aromatic heterocycles. The van der Waals surface area contributed by atoms with Crippen LogP contribution in [0.15, 0.2) is 15.9 Å². The molecule has 1 fully saturated rings. The van der Waals surface area contributed by atoms with Crippen molar-refractivity contribution in [3.8, 4) is 0 Å². The van der Waals surface area contributed by atoms with Crippen LogP contribution in [0, 0.1) is 5.92 Å². The van der Waals surface area contributed by atoms with Crippen LogP contribution >= 0.6 is 27.3 Å². The minimum absolute atomic E-state index is 0.360. The van der Waals surface area contributed by atoms with E-state index in [-0.39, 0.29) is 0 Å². The van der Waals surface area contributed by atoms with Crippen molar-refractivity contribution in [2.75, 3.05) is 0 Å². The third-order valence-electron chi connectivity index (χ3n) is 3.82. The van der Waals surface area contributed by atoms with Gasteiger partial charge in [-0.05, 0) is 53.2 Å². The molecule has 1 heterocycles. The molecule has 1 nitrogen and oxygen atoms in total. The van der Waals surface area contributed by atoms with Crippen molar-refractivity contribution in [2.24, 2.45) is 11.7 Å². The fraction of sp³-hybridized carbons (Fsp3) is 0.714. The van der Waals surface area contributed by atoms with Crippen LogP contribution in [0.3, 0.4) is 0 Å². The lowest BCUT2D eigenvalue weighted by Crippen LogP contribution is -2.32. The molecule has 1 aliphatic carbocycles. The molecule has 0 radical (unpaired) electrons. The molecule has 96 valence electrons. The zero-order chi connectivity index (χ0) is 12.1.